The third kappa shape index (κ3) is 5.72. The number of carboxylic acids is 1. The molecule has 93 valence electrons. The maximum Gasteiger partial charge on any atom is 0.410 e. The zero-order valence-electron chi connectivity index (χ0n) is 10.8. The second kappa shape index (κ2) is 6.58. The normalized spacial score (nSPS) is 20.4. The molecule has 6 nitrogen and oxygen atoms in total. The monoisotopic (exact) mass is 253 g/mol. The molecule has 1 heterocycles. The van der Waals surface area contributed by atoms with Crippen molar-refractivity contribution in [2.75, 3.05) is 19.6 Å². The van der Waals surface area contributed by atoms with E-state index in [0.29, 0.717) is 13.1 Å². The fourth-order valence-electron chi connectivity index (χ4n) is 1.41. The molecule has 0 unspecified atom stereocenters. The van der Waals surface area contributed by atoms with Crippen LogP contribution in [0.1, 0.15) is 20.8 Å². The molecular weight excluding hydrogens is 235 g/mol. The van der Waals surface area contributed by atoms with Crippen molar-refractivity contribution in [2.24, 2.45) is 0 Å². The van der Waals surface area contributed by atoms with E-state index in [0.717, 1.165) is 0 Å². The predicted molar refractivity (Wildman–Crippen MR) is 63.0 cm³/mol. The summed E-state index contributed by atoms with van der Waals surface area (Å²) < 4.78 is 5.17. The molecule has 17 heavy (non-hydrogen) atoms. The van der Waals surface area contributed by atoms with Crippen LogP contribution >= 0.6 is 0 Å². The van der Waals surface area contributed by atoms with E-state index >= 15 is 0 Å². The van der Waals surface area contributed by atoms with Crippen LogP contribution in [0.5, 0.6) is 0 Å². The van der Waals surface area contributed by atoms with Crippen LogP contribution in [-0.4, -0.2) is 82.9 Å². The van der Waals surface area contributed by atoms with Crippen LogP contribution in [0, 0.1) is 0 Å². The van der Waals surface area contributed by atoms with Gasteiger partial charge in [-0.05, 0) is 20.8 Å². The number of hydrogen-bond acceptors (Lipinski definition) is 4. The average molecular weight is 253 g/mol. The molecule has 1 aliphatic rings. The molecule has 0 spiro atoms. The second-order valence-corrected chi connectivity index (χ2v) is 4.77. The van der Waals surface area contributed by atoms with Gasteiger partial charge in [0.15, 0.2) is 0 Å². The minimum absolute atomic E-state index is 0. The molecule has 0 bridgehead atoms. The summed E-state index contributed by atoms with van der Waals surface area (Å²) in [6.45, 7) is 6.42. The van der Waals surface area contributed by atoms with E-state index in [-0.39, 0.29) is 36.1 Å². The number of aliphatic carboxylic acids is 1. The molecule has 0 aromatic carbocycles. The first-order valence-corrected chi connectivity index (χ1v) is 5.24. The average Bonchev–Trinajstić information content (AvgIpc) is 2.15. The first-order valence-electron chi connectivity index (χ1n) is 5.24. The van der Waals surface area contributed by atoms with E-state index in [9.17, 15) is 9.59 Å². The number of ether oxygens (including phenoxy) is 1. The Morgan fingerprint density at radius 2 is 2.00 bits per heavy atom. The SMILES string of the molecule is CC(C)(C)OC(=O)N1CCN[C@H](C(=O)O)C1.[Na]. The maximum atomic E-state index is 11.7. The van der Waals surface area contributed by atoms with Gasteiger partial charge in [0.1, 0.15) is 11.6 Å². The maximum absolute atomic E-state index is 11.7. The molecule has 7 heteroatoms. The number of carboxylic acid groups (broad SMARTS) is 1. The van der Waals surface area contributed by atoms with Crippen LogP contribution < -0.4 is 5.32 Å². The fraction of sp³-hybridized carbons (Fsp3) is 0.800. The van der Waals surface area contributed by atoms with Crippen molar-refractivity contribution in [3.8, 4) is 0 Å². The van der Waals surface area contributed by atoms with Crippen LogP contribution in [0.2, 0.25) is 0 Å². The molecule has 1 rings (SSSR count). The molecule has 1 fully saturated rings. The molecule has 0 aliphatic carbocycles. The summed E-state index contributed by atoms with van der Waals surface area (Å²) in [5.74, 6) is -0.951. The quantitative estimate of drug-likeness (QED) is 0.638. The van der Waals surface area contributed by atoms with Crippen molar-refractivity contribution >= 4 is 41.6 Å². The number of carbonyl (C=O) groups excluding carboxylic acids is 1. The Morgan fingerprint density at radius 1 is 1.41 bits per heavy atom. The summed E-state index contributed by atoms with van der Waals surface area (Å²) in [6.07, 6.45) is -0.458. The fourth-order valence-corrected chi connectivity index (χ4v) is 1.41. The van der Waals surface area contributed by atoms with Gasteiger partial charge in [-0.25, -0.2) is 4.79 Å². The van der Waals surface area contributed by atoms with Crippen LogP contribution in [0.25, 0.3) is 0 Å². The molecule has 0 saturated carbocycles. The van der Waals surface area contributed by atoms with Crippen molar-refractivity contribution < 1.29 is 19.4 Å². The number of nitrogens with one attached hydrogen (secondary N) is 1. The Bertz CT molecular complexity index is 291. The van der Waals surface area contributed by atoms with Gasteiger partial charge in [0.25, 0.3) is 0 Å². The number of piperazine rings is 1. The van der Waals surface area contributed by atoms with Gasteiger partial charge in [-0.1, -0.05) is 0 Å². The summed E-state index contributed by atoms with van der Waals surface area (Å²) in [6, 6.07) is -0.707. The van der Waals surface area contributed by atoms with Crippen LogP contribution in [-0.2, 0) is 9.53 Å². The Hall–Kier alpha value is -0.300. The Labute approximate surface area is 123 Å². The van der Waals surface area contributed by atoms with Crippen molar-refractivity contribution in [2.45, 2.75) is 32.4 Å². The van der Waals surface area contributed by atoms with Crippen molar-refractivity contribution in [3.05, 3.63) is 0 Å². The third-order valence-corrected chi connectivity index (χ3v) is 2.13. The van der Waals surface area contributed by atoms with E-state index in [4.69, 9.17) is 9.84 Å². The van der Waals surface area contributed by atoms with Gasteiger partial charge in [0.2, 0.25) is 0 Å². The van der Waals surface area contributed by atoms with Crippen LogP contribution in [0.3, 0.4) is 0 Å². The number of amides is 1. The predicted octanol–water partition coefficient (Wildman–Crippen LogP) is -0.101. The summed E-state index contributed by atoms with van der Waals surface area (Å²) >= 11 is 0. The minimum atomic E-state index is -0.951. The van der Waals surface area contributed by atoms with E-state index in [2.05, 4.69) is 5.32 Å². The first-order chi connectivity index (χ1) is 7.29. The molecule has 0 aromatic heterocycles. The first kappa shape index (κ1) is 16.7. The summed E-state index contributed by atoms with van der Waals surface area (Å²) in [5.41, 5.74) is -0.555. The molecule has 1 atom stereocenters. The van der Waals surface area contributed by atoms with Gasteiger partial charge < -0.3 is 20.1 Å². The van der Waals surface area contributed by atoms with E-state index in [1.807, 2.05) is 0 Å². The standard InChI is InChI=1S/C10H18N2O4.Na/c1-10(2,3)16-9(15)12-5-4-11-7(6-12)8(13)14;/h7,11H,4-6H2,1-3H3,(H,13,14);/t7-;/m0./s1. The van der Waals surface area contributed by atoms with Gasteiger partial charge in [-0.15, -0.1) is 0 Å². The van der Waals surface area contributed by atoms with Gasteiger partial charge in [0, 0.05) is 42.6 Å². The molecule has 1 aliphatic heterocycles. The molecule has 1 amide bonds. The van der Waals surface area contributed by atoms with Gasteiger partial charge >= 0.3 is 12.1 Å². The molecule has 1 saturated heterocycles. The van der Waals surface area contributed by atoms with E-state index < -0.39 is 23.7 Å². The number of hydrogen-bond donors (Lipinski definition) is 2. The number of nitrogens with zero attached hydrogens (tertiary/aromatic N) is 1. The minimum Gasteiger partial charge on any atom is -0.480 e. The van der Waals surface area contributed by atoms with E-state index in [1.54, 1.807) is 20.8 Å². The van der Waals surface area contributed by atoms with Gasteiger partial charge in [-0.3, -0.25) is 4.79 Å². The molecule has 1 radical (unpaired) electrons. The second-order valence-electron chi connectivity index (χ2n) is 4.77. The molecular formula is C10H18N2NaO4. The van der Waals surface area contributed by atoms with E-state index in [1.165, 1.54) is 4.90 Å². The zero-order chi connectivity index (χ0) is 12.3. The largest absolute Gasteiger partial charge is 0.480 e. The Balaban J connectivity index is 0.00000256. The third-order valence-electron chi connectivity index (χ3n) is 2.13. The Morgan fingerprint density at radius 3 is 2.47 bits per heavy atom. The van der Waals surface area contributed by atoms with Gasteiger partial charge in [-0.2, -0.15) is 0 Å². The smallest absolute Gasteiger partial charge is 0.410 e. The van der Waals surface area contributed by atoms with Crippen molar-refractivity contribution in [3.63, 3.8) is 0 Å². The van der Waals surface area contributed by atoms with Crippen molar-refractivity contribution in [1.29, 1.82) is 0 Å². The summed E-state index contributed by atoms with van der Waals surface area (Å²) in [7, 11) is 0. The number of rotatable bonds is 1. The summed E-state index contributed by atoms with van der Waals surface area (Å²) in [5, 5.41) is 11.6. The molecule has 2 N–H and O–H groups in total. The zero-order valence-corrected chi connectivity index (χ0v) is 12.8. The molecule has 0 aromatic rings. The topological polar surface area (TPSA) is 78.9 Å². The van der Waals surface area contributed by atoms with Crippen molar-refractivity contribution in [1.82, 2.24) is 10.2 Å². The van der Waals surface area contributed by atoms with Crippen LogP contribution in [0.4, 0.5) is 4.79 Å². The Kier molecular flexibility index (Phi) is 6.47. The summed E-state index contributed by atoms with van der Waals surface area (Å²) in [4.78, 5) is 23.8. The van der Waals surface area contributed by atoms with Gasteiger partial charge in [0.05, 0.1) is 6.54 Å². The number of carbonyl (C=O) groups is 2. The van der Waals surface area contributed by atoms with Crippen LogP contribution in [0.15, 0.2) is 0 Å².